The fourth-order valence-corrected chi connectivity index (χ4v) is 2.46. The molecule has 1 heterocycles. The highest BCUT2D eigenvalue weighted by Crippen LogP contribution is 2.27. The van der Waals surface area contributed by atoms with Crippen molar-refractivity contribution < 1.29 is 18.7 Å². The quantitative estimate of drug-likeness (QED) is 0.455. The molecule has 0 spiro atoms. The lowest BCUT2D eigenvalue weighted by Gasteiger charge is -2.12. The van der Waals surface area contributed by atoms with Crippen LogP contribution in [0.5, 0.6) is 11.5 Å². The van der Waals surface area contributed by atoms with E-state index in [1.165, 1.54) is 0 Å². The molecule has 8 nitrogen and oxygen atoms in total. The summed E-state index contributed by atoms with van der Waals surface area (Å²) in [5.41, 5.74) is 6.30. The molecular formula is C19H26N4O4. The Bertz CT molecular complexity index is 786. The molecule has 0 aliphatic rings. The molecule has 1 aromatic heterocycles. The van der Waals surface area contributed by atoms with Gasteiger partial charge in [-0.15, -0.1) is 0 Å². The number of benzene rings is 1. The Morgan fingerprint density at radius 1 is 1.15 bits per heavy atom. The Hall–Kier alpha value is -3.16. The Balaban J connectivity index is 1.92. The molecule has 0 fully saturated rings. The number of primary amides is 1. The number of guanidine groups is 1. The maximum absolute atomic E-state index is 11.1. The third kappa shape index (κ3) is 5.95. The number of carbonyl (C=O) groups excluding carboxylic acids is 1. The molecule has 0 bridgehead atoms. The largest absolute Gasteiger partial charge is 0.493 e. The van der Waals surface area contributed by atoms with Crippen LogP contribution in [-0.4, -0.2) is 39.2 Å². The van der Waals surface area contributed by atoms with Crippen LogP contribution in [0.2, 0.25) is 0 Å². The van der Waals surface area contributed by atoms with Crippen LogP contribution in [0.25, 0.3) is 0 Å². The predicted molar refractivity (Wildman–Crippen MR) is 103 cm³/mol. The second-order valence-electron chi connectivity index (χ2n) is 5.69. The van der Waals surface area contributed by atoms with Crippen molar-refractivity contribution in [2.75, 3.05) is 27.3 Å². The molecule has 0 radical (unpaired) electrons. The zero-order chi connectivity index (χ0) is 19.6. The number of aliphatic imine (C=N–C) groups is 1. The molecule has 4 N–H and O–H groups in total. The molecule has 2 aromatic rings. The van der Waals surface area contributed by atoms with Crippen molar-refractivity contribution in [3.8, 4) is 11.5 Å². The van der Waals surface area contributed by atoms with E-state index < -0.39 is 5.91 Å². The Morgan fingerprint density at radius 3 is 2.56 bits per heavy atom. The van der Waals surface area contributed by atoms with E-state index in [4.69, 9.17) is 19.6 Å². The van der Waals surface area contributed by atoms with Crippen LogP contribution in [0.15, 0.2) is 39.7 Å². The number of nitrogens with two attached hydrogens (primary N) is 1. The number of hydrogen-bond acceptors (Lipinski definition) is 5. The Labute approximate surface area is 158 Å². The number of amides is 1. The number of hydrogen-bond donors (Lipinski definition) is 3. The highest BCUT2D eigenvalue weighted by molar-refractivity contribution is 5.89. The van der Waals surface area contributed by atoms with Gasteiger partial charge in [-0.3, -0.25) is 4.79 Å². The lowest BCUT2D eigenvalue weighted by molar-refractivity contribution is 0.0972. The smallest absolute Gasteiger partial charge is 0.284 e. The third-order valence-electron chi connectivity index (χ3n) is 3.80. The summed E-state index contributed by atoms with van der Waals surface area (Å²) in [6.07, 6.45) is 0.789. The fraction of sp³-hybridized carbons (Fsp3) is 0.368. The van der Waals surface area contributed by atoms with Crippen molar-refractivity contribution in [3.05, 3.63) is 47.4 Å². The minimum Gasteiger partial charge on any atom is -0.493 e. The second kappa shape index (κ2) is 10.1. The maximum atomic E-state index is 11.1. The van der Waals surface area contributed by atoms with Crippen LogP contribution in [0.3, 0.4) is 0 Å². The number of nitrogens with zero attached hydrogens (tertiary/aromatic N) is 1. The number of ether oxygens (including phenoxy) is 2. The highest BCUT2D eigenvalue weighted by atomic mass is 16.5. The van der Waals surface area contributed by atoms with Crippen LogP contribution >= 0.6 is 0 Å². The van der Waals surface area contributed by atoms with Crippen LogP contribution in [0.4, 0.5) is 0 Å². The highest BCUT2D eigenvalue weighted by Gasteiger charge is 2.07. The van der Waals surface area contributed by atoms with E-state index in [2.05, 4.69) is 15.6 Å². The summed E-state index contributed by atoms with van der Waals surface area (Å²) < 4.78 is 15.9. The van der Waals surface area contributed by atoms with E-state index in [9.17, 15) is 4.79 Å². The van der Waals surface area contributed by atoms with Gasteiger partial charge in [0.15, 0.2) is 23.2 Å². The molecule has 1 aromatic carbocycles. The van der Waals surface area contributed by atoms with Crippen molar-refractivity contribution in [2.45, 2.75) is 19.9 Å². The summed E-state index contributed by atoms with van der Waals surface area (Å²) in [4.78, 5) is 15.5. The Morgan fingerprint density at radius 2 is 1.93 bits per heavy atom. The van der Waals surface area contributed by atoms with E-state index in [0.29, 0.717) is 36.3 Å². The first-order valence-corrected chi connectivity index (χ1v) is 8.69. The first kappa shape index (κ1) is 20.2. The maximum Gasteiger partial charge on any atom is 0.284 e. The molecule has 0 aliphatic carbocycles. The van der Waals surface area contributed by atoms with Gasteiger partial charge in [-0.1, -0.05) is 6.07 Å². The number of nitrogens with one attached hydrogen (secondary N) is 2. The molecule has 0 atom stereocenters. The third-order valence-corrected chi connectivity index (χ3v) is 3.80. The number of rotatable bonds is 9. The summed E-state index contributed by atoms with van der Waals surface area (Å²) in [5, 5.41) is 6.44. The fourth-order valence-electron chi connectivity index (χ4n) is 2.46. The number of carbonyl (C=O) groups is 1. The van der Waals surface area contributed by atoms with Crippen LogP contribution in [0, 0.1) is 0 Å². The molecule has 146 valence electrons. The lowest BCUT2D eigenvalue weighted by Crippen LogP contribution is -2.38. The molecule has 0 saturated carbocycles. The van der Waals surface area contributed by atoms with Gasteiger partial charge in [-0.25, -0.2) is 4.99 Å². The van der Waals surface area contributed by atoms with Crippen molar-refractivity contribution in [1.82, 2.24) is 10.6 Å². The summed E-state index contributed by atoms with van der Waals surface area (Å²) in [5.74, 6) is 2.18. The van der Waals surface area contributed by atoms with Gasteiger partial charge in [0, 0.05) is 13.1 Å². The van der Waals surface area contributed by atoms with Crippen molar-refractivity contribution in [3.63, 3.8) is 0 Å². The summed E-state index contributed by atoms with van der Waals surface area (Å²) in [6, 6.07) is 9.09. The van der Waals surface area contributed by atoms with Crippen molar-refractivity contribution >= 4 is 11.9 Å². The molecule has 0 aliphatic heterocycles. The standard InChI is InChI=1S/C19H26N4O4/c1-4-21-19(23-12-14-6-8-16(27-14)18(20)24)22-10-9-13-5-7-15(25-2)17(11-13)26-3/h5-8,11H,4,9-10,12H2,1-3H3,(H2,20,24)(H2,21,22,23). The molecule has 27 heavy (non-hydrogen) atoms. The van der Waals surface area contributed by atoms with Gasteiger partial charge in [-0.2, -0.15) is 0 Å². The average molecular weight is 374 g/mol. The van der Waals surface area contributed by atoms with E-state index in [1.807, 2.05) is 25.1 Å². The zero-order valence-electron chi connectivity index (χ0n) is 15.9. The van der Waals surface area contributed by atoms with Gasteiger partial charge < -0.3 is 30.3 Å². The molecule has 0 unspecified atom stereocenters. The zero-order valence-corrected chi connectivity index (χ0v) is 15.9. The van der Waals surface area contributed by atoms with Crippen LogP contribution in [-0.2, 0) is 13.0 Å². The summed E-state index contributed by atoms with van der Waals surface area (Å²) >= 11 is 0. The van der Waals surface area contributed by atoms with E-state index in [0.717, 1.165) is 18.5 Å². The minimum atomic E-state index is -0.592. The molecular weight excluding hydrogens is 348 g/mol. The van der Waals surface area contributed by atoms with Gasteiger partial charge in [0.2, 0.25) is 0 Å². The van der Waals surface area contributed by atoms with Gasteiger partial charge in [0.25, 0.3) is 5.91 Å². The number of methoxy groups -OCH3 is 2. The van der Waals surface area contributed by atoms with Gasteiger partial charge in [0.1, 0.15) is 12.3 Å². The lowest BCUT2D eigenvalue weighted by atomic mass is 10.1. The summed E-state index contributed by atoms with van der Waals surface area (Å²) in [6.45, 7) is 3.71. The average Bonchev–Trinajstić information content (AvgIpc) is 3.15. The van der Waals surface area contributed by atoms with E-state index in [-0.39, 0.29) is 5.76 Å². The molecule has 2 rings (SSSR count). The van der Waals surface area contributed by atoms with Gasteiger partial charge in [-0.05, 0) is 43.2 Å². The second-order valence-corrected chi connectivity index (χ2v) is 5.69. The van der Waals surface area contributed by atoms with Crippen molar-refractivity contribution in [1.29, 1.82) is 0 Å². The molecule has 8 heteroatoms. The van der Waals surface area contributed by atoms with E-state index >= 15 is 0 Å². The number of furan rings is 1. The van der Waals surface area contributed by atoms with Crippen molar-refractivity contribution in [2.24, 2.45) is 10.7 Å². The topological polar surface area (TPSA) is 111 Å². The van der Waals surface area contributed by atoms with Gasteiger partial charge in [0.05, 0.1) is 14.2 Å². The molecule has 1 amide bonds. The first-order valence-electron chi connectivity index (χ1n) is 8.69. The summed E-state index contributed by atoms with van der Waals surface area (Å²) in [7, 11) is 3.23. The SMILES string of the molecule is CCNC(=NCc1ccc(C(N)=O)o1)NCCc1ccc(OC)c(OC)c1. The van der Waals surface area contributed by atoms with Crippen LogP contribution < -0.4 is 25.8 Å². The Kier molecular flexibility index (Phi) is 7.54. The first-order chi connectivity index (χ1) is 13.1. The van der Waals surface area contributed by atoms with Gasteiger partial charge >= 0.3 is 0 Å². The molecule has 0 saturated heterocycles. The monoisotopic (exact) mass is 374 g/mol. The van der Waals surface area contributed by atoms with E-state index in [1.54, 1.807) is 26.4 Å². The minimum absolute atomic E-state index is 0.131. The van der Waals surface area contributed by atoms with Crippen LogP contribution in [0.1, 0.15) is 28.8 Å². The normalized spacial score (nSPS) is 11.1. The predicted octanol–water partition coefficient (Wildman–Crippen LogP) is 1.69.